The topological polar surface area (TPSA) is 124 Å². The van der Waals surface area contributed by atoms with E-state index >= 15 is 0 Å². The molecule has 144 valence electrons. The van der Waals surface area contributed by atoms with Crippen LogP contribution in [0.5, 0.6) is 11.5 Å². The minimum absolute atomic E-state index is 0.146. The molecule has 1 aliphatic carbocycles. The molecule has 8 heteroatoms. The maximum atomic E-state index is 13.3. The normalized spacial score (nSPS) is 16.7. The van der Waals surface area contributed by atoms with Crippen LogP contribution in [0.3, 0.4) is 0 Å². The molecule has 1 aliphatic heterocycles. The van der Waals surface area contributed by atoms with Crippen LogP contribution in [0.1, 0.15) is 33.0 Å². The molecule has 5 rings (SSSR count). The number of hydrogen-bond acceptors (Lipinski definition) is 6. The third-order valence-corrected chi connectivity index (χ3v) is 5.32. The third-order valence-electron chi connectivity index (χ3n) is 5.32. The van der Waals surface area contributed by atoms with Crippen molar-refractivity contribution in [1.29, 1.82) is 0 Å². The van der Waals surface area contributed by atoms with E-state index < -0.39 is 17.2 Å². The predicted molar refractivity (Wildman–Crippen MR) is 106 cm³/mol. The van der Waals surface area contributed by atoms with Gasteiger partial charge in [0.25, 0.3) is 5.56 Å². The molecule has 2 aromatic carbocycles. The van der Waals surface area contributed by atoms with Crippen molar-refractivity contribution in [2.75, 3.05) is 12.4 Å². The number of hydrogen-bond donors (Lipinski definition) is 4. The standard InChI is InChI=1S/C21H15N3O5/c1-29-12-8-4-7-11(17(12)25)13-14-16(9-5-2-3-6-10(9)18(14)26)22-19-15(13)20(27)24-21(28)23-19/h2-8,13,25H,1H3,(H3,22,23,24,27,28)/t13-/m1/s1. The molecule has 0 unspecified atom stereocenters. The highest BCUT2D eigenvalue weighted by Gasteiger charge is 2.42. The Balaban J connectivity index is 1.87. The van der Waals surface area contributed by atoms with Gasteiger partial charge in [-0.15, -0.1) is 0 Å². The number of aromatic nitrogens is 2. The van der Waals surface area contributed by atoms with E-state index in [9.17, 15) is 19.5 Å². The number of rotatable bonds is 2. The number of carbonyl (C=O) groups excluding carboxylic acids is 1. The smallest absolute Gasteiger partial charge is 0.327 e. The fourth-order valence-electron chi connectivity index (χ4n) is 4.10. The molecule has 1 atom stereocenters. The van der Waals surface area contributed by atoms with Crippen LogP contribution in [0.15, 0.2) is 57.6 Å². The molecule has 29 heavy (non-hydrogen) atoms. The van der Waals surface area contributed by atoms with Gasteiger partial charge < -0.3 is 15.2 Å². The van der Waals surface area contributed by atoms with E-state index in [4.69, 9.17) is 4.74 Å². The summed E-state index contributed by atoms with van der Waals surface area (Å²) in [5.41, 5.74) is 1.17. The first-order chi connectivity index (χ1) is 14.0. The summed E-state index contributed by atoms with van der Waals surface area (Å²) < 4.78 is 5.20. The van der Waals surface area contributed by atoms with Gasteiger partial charge in [-0.25, -0.2) is 4.79 Å². The number of fused-ring (bicyclic) bond motifs is 3. The first-order valence-corrected chi connectivity index (χ1v) is 8.89. The van der Waals surface area contributed by atoms with Crippen molar-refractivity contribution in [3.05, 3.63) is 91.1 Å². The van der Waals surface area contributed by atoms with Crippen molar-refractivity contribution in [1.82, 2.24) is 9.97 Å². The Morgan fingerprint density at radius 2 is 1.72 bits per heavy atom. The van der Waals surface area contributed by atoms with Crippen LogP contribution < -0.4 is 21.3 Å². The largest absolute Gasteiger partial charge is 0.504 e. The van der Waals surface area contributed by atoms with E-state index in [1.54, 1.807) is 42.5 Å². The second-order valence-electron chi connectivity index (χ2n) is 6.82. The molecule has 0 amide bonds. The molecule has 3 aromatic rings. The molecular formula is C21H15N3O5. The summed E-state index contributed by atoms with van der Waals surface area (Å²) in [4.78, 5) is 42.7. The molecule has 0 saturated carbocycles. The van der Waals surface area contributed by atoms with Gasteiger partial charge >= 0.3 is 5.69 Å². The highest BCUT2D eigenvalue weighted by atomic mass is 16.5. The number of benzene rings is 2. The summed E-state index contributed by atoms with van der Waals surface area (Å²) >= 11 is 0. The fraction of sp³-hybridized carbons (Fsp3) is 0.0952. The fourth-order valence-corrected chi connectivity index (χ4v) is 4.10. The van der Waals surface area contributed by atoms with Crippen molar-refractivity contribution in [2.45, 2.75) is 5.92 Å². The maximum Gasteiger partial charge on any atom is 0.327 e. The Morgan fingerprint density at radius 3 is 2.48 bits per heavy atom. The number of phenols is 1. The molecule has 2 aliphatic rings. The molecule has 0 spiro atoms. The van der Waals surface area contributed by atoms with Crippen molar-refractivity contribution in [2.24, 2.45) is 0 Å². The number of H-pyrrole nitrogens is 2. The van der Waals surface area contributed by atoms with Gasteiger partial charge in [-0.2, -0.15) is 0 Å². The number of methoxy groups -OCH3 is 1. The van der Waals surface area contributed by atoms with E-state index in [2.05, 4.69) is 15.3 Å². The Morgan fingerprint density at radius 1 is 0.966 bits per heavy atom. The molecule has 0 saturated heterocycles. The summed E-state index contributed by atoms with van der Waals surface area (Å²) in [5.74, 6) is -0.903. The number of nitrogens with one attached hydrogen (secondary N) is 3. The van der Waals surface area contributed by atoms with Gasteiger partial charge in [-0.1, -0.05) is 36.4 Å². The van der Waals surface area contributed by atoms with Gasteiger partial charge in [0.2, 0.25) is 0 Å². The van der Waals surface area contributed by atoms with Gasteiger partial charge in [0, 0.05) is 22.3 Å². The van der Waals surface area contributed by atoms with Gasteiger partial charge in [0.15, 0.2) is 17.3 Å². The monoisotopic (exact) mass is 389 g/mol. The summed E-state index contributed by atoms with van der Waals surface area (Å²) in [6.45, 7) is 0. The Labute approximate surface area is 163 Å². The van der Waals surface area contributed by atoms with Gasteiger partial charge in [-0.3, -0.25) is 19.6 Å². The minimum Gasteiger partial charge on any atom is -0.504 e. The number of para-hydroxylation sites is 1. The highest BCUT2D eigenvalue weighted by molar-refractivity contribution is 6.23. The van der Waals surface area contributed by atoms with Crippen LogP contribution >= 0.6 is 0 Å². The summed E-state index contributed by atoms with van der Waals surface area (Å²) in [7, 11) is 1.42. The van der Waals surface area contributed by atoms with Crippen LogP contribution in [0.25, 0.3) is 5.70 Å². The third kappa shape index (κ3) is 2.29. The molecular weight excluding hydrogens is 374 g/mol. The van der Waals surface area contributed by atoms with E-state index in [-0.39, 0.29) is 28.7 Å². The number of anilines is 1. The zero-order valence-electron chi connectivity index (χ0n) is 15.2. The van der Waals surface area contributed by atoms with Crippen molar-refractivity contribution >= 4 is 17.3 Å². The number of ether oxygens (including phenoxy) is 1. The quantitative estimate of drug-likeness (QED) is 0.531. The van der Waals surface area contributed by atoms with Gasteiger partial charge in [0.05, 0.1) is 24.3 Å². The van der Waals surface area contributed by atoms with Crippen LogP contribution in [-0.4, -0.2) is 28.0 Å². The lowest BCUT2D eigenvalue weighted by Gasteiger charge is -2.28. The molecule has 2 heterocycles. The number of Topliss-reactive ketones (excluding diaryl/α,β-unsaturated/α-hetero) is 1. The second kappa shape index (κ2) is 5.96. The molecule has 0 bridgehead atoms. The van der Waals surface area contributed by atoms with E-state index in [0.29, 0.717) is 28.0 Å². The van der Waals surface area contributed by atoms with Crippen molar-refractivity contribution in [3.63, 3.8) is 0 Å². The summed E-state index contributed by atoms with van der Waals surface area (Å²) in [5, 5.41) is 13.8. The molecule has 4 N–H and O–H groups in total. The molecule has 0 radical (unpaired) electrons. The maximum absolute atomic E-state index is 13.3. The van der Waals surface area contributed by atoms with Crippen LogP contribution in [0.4, 0.5) is 5.82 Å². The van der Waals surface area contributed by atoms with E-state index in [1.165, 1.54) is 7.11 Å². The van der Waals surface area contributed by atoms with Crippen LogP contribution in [0.2, 0.25) is 0 Å². The number of ketones is 1. The summed E-state index contributed by atoms with van der Waals surface area (Å²) in [6.07, 6.45) is 0. The summed E-state index contributed by atoms with van der Waals surface area (Å²) in [6, 6.07) is 11.9. The van der Waals surface area contributed by atoms with E-state index in [0.717, 1.165) is 0 Å². The van der Waals surface area contributed by atoms with Crippen molar-refractivity contribution < 1.29 is 14.6 Å². The van der Waals surface area contributed by atoms with E-state index in [1.807, 2.05) is 0 Å². The first-order valence-electron chi connectivity index (χ1n) is 8.89. The number of phenolic OH excluding ortho intramolecular Hbond substituents is 1. The van der Waals surface area contributed by atoms with Crippen molar-refractivity contribution in [3.8, 4) is 11.5 Å². The predicted octanol–water partition coefficient (Wildman–Crippen LogP) is 1.94. The van der Waals surface area contributed by atoms with Crippen LogP contribution in [-0.2, 0) is 0 Å². The lowest BCUT2D eigenvalue weighted by Crippen LogP contribution is -2.33. The number of carbonyl (C=O) groups is 1. The zero-order valence-corrected chi connectivity index (χ0v) is 15.2. The second-order valence-corrected chi connectivity index (χ2v) is 6.82. The number of aromatic amines is 2. The molecule has 0 fully saturated rings. The number of aromatic hydroxyl groups is 1. The SMILES string of the molecule is COc1cccc([C@@H]2C3=C(Nc4[nH]c(=O)[nH]c(=O)c42)c2ccccc2C3=O)c1O. The van der Waals surface area contributed by atoms with Gasteiger partial charge in [0.1, 0.15) is 5.82 Å². The van der Waals surface area contributed by atoms with Gasteiger partial charge in [-0.05, 0) is 6.07 Å². The molecule has 8 nitrogen and oxygen atoms in total. The zero-order chi connectivity index (χ0) is 20.3. The Bertz CT molecular complexity index is 1350. The lowest BCUT2D eigenvalue weighted by atomic mass is 9.81. The van der Waals surface area contributed by atoms with Crippen LogP contribution in [0, 0.1) is 0 Å². The minimum atomic E-state index is -0.892. The average Bonchev–Trinajstić information content (AvgIpc) is 2.99. The molecule has 1 aromatic heterocycles. The Kier molecular flexibility index (Phi) is 3.51. The Hall–Kier alpha value is -4.07. The average molecular weight is 389 g/mol. The first kappa shape index (κ1) is 17.1. The lowest BCUT2D eigenvalue weighted by molar-refractivity contribution is 0.103. The highest BCUT2D eigenvalue weighted by Crippen LogP contribution is 2.50. The number of allylic oxidation sites excluding steroid dienone is 1.